The number of rotatable bonds is 11. The van der Waals surface area contributed by atoms with Crippen LogP contribution in [-0.2, 0) is 6.42 Å². The van der Waals surface area contributed by atoms with Crippen molar-refractivity contribution in [2.24, 2.45) is 5.73 Å². The summed E-state index contributed by atoms with van der Waals surface area (Å²) in [6.45, 7) is 5.78. The molecule has 0 unspecified atom stereocenters. The first-order chi connectivity index (χ1) is 15.0. The van der Waals surface area contributed by atoms with Crippen LogP contribution in [0.2, 0.25) is 0 Å². The van der Waals surface area contributed by atoms with Gasteiger partial charge in [-0.15, -0.1) is 0 Å². The Balaban J connectivity index is 1.74. The molecule has 3 aromatic rings. The van der Waals surface area contributed by atoms with Gasteiger partial charge in [-0.25, -0.2) is 4.79 Å². The van der Waals surface area contributed by atoms with Gasteiger partial charge in [-0.3, -0.25) is 9.98 Å². The highest BCUT2D eigenvalue weighted by Crippen LogP contribution is 2.21. The highest BCUT2D eigenvalue weighted by molar-refractivity contribution is 5.75. The van der Waals surface area contributed by atoms with E-state index in [0.717, 1.165) is 55.4 Å². The molecule has 2 heterocycles. The van der Waals surface area contributed by atoms with Crippen LogP contribution in [0.3, 0.4) is 0 Å². The molecule has 0 aliphatic rings. The van der Waals surface area contributed by atoms with Gasteiger partial charge in [0.15, 0.2) is 5.96 Å². The SMILES string of the molecule is CCCC[C@H](NCCCNC(=N)N)c1ccc(-n2cc3cc(CC)[nH]c3nc2=O)cc1. The van der Waals surface area contributed by atoms with E-state index in [1.165, 1.54) is 5.56 Å². The Morgan fingerprint density at radius 2 is 2.00 bits per heavy atom. The Morgan fingerprint density at radius 3 is 2.68 bits per heavy atom. The zero-order chi connectivity index (χ0) is 22.2. The molecule has 166 valence electrons. The quantitative estimate of drug-likeness (QED) is 0.184. The Bertz CT molecular complexity index is 1050. The zero-order valence-electron chi connectivity index (χ0n) is 18.4. The van der Waals surface area contributed by atoms with Crippen molar-refractivity contribution in [2.75, 3.05) is 13.1 Å². The molecule has 31 heavy (non-hydrogen) atoms. The fraction of sp³-hybridized carbons (Fsp3) is 0.435. The second-order valence-electron chi connectivity index (χ2n) is 7.78. The zero-order valence-corrected chi connectivity index (χ0v) is 18.4. The van der Waals surface area contributed by atoms with Crippen LogP contribution in [0, 0.1) is 5.41 Å². The third kappa shape index (κ3) is 5.95. The number of unbranched alkanes of at least 4 members (excludes halogenated alkanes) is 1. The second-order valence-corrected chi connectivity index (χ2v) is 7.78. The summed E-state index contributed by atoms with van der Waals surface area (Å²) >= 11 is 0. The molecule has 0 spiro atoms. The molecular weight excluding hydrogens is 390 g/mol. The lowest BCUT2D eigenvalue weighted by Gasteiger charge is -2.20. The van der Waals surface area contributed by atoms with Crippen molar-refractivity contribution >= 4 is 17.0 Å². The topological polar surface area (TPSA) is 125 Å². The minimum absolute atomic E-state index is 0.00611. The lowest BCUT2D eigenvalue weighted by molar-refractivity contribution is 0.475. The van der Waals surface area contributed by atoms with Crippen LogP contribution in [0.5, 0.6) is 0 Å². The number of aromatic nitrogens is 3. The van der Waals surface area contributed by atoms with Crippen LogP contribution < -0.4 is 22.1 Å². The van der Waals surface area contributed by atoms with Gasteiger partial charge >= 0.3 is 5.69 Å². The van der Waals surface area contributed by atoms with Gasteiger partial charge in [0.05, 0.1) is 5.69 Å². The number of guanidine groups is 1. The molecule has 0 radical (unpaired) electrons. The molecular formula is C23H33N7O. The van der Waals surface area contributed by atoms with E-state index in [1.54, 1.807) is 4.57 Å². The molecule has 0 aliphatic heterocycles. The summed E-state index contributed by atoms with van der Waals surface area (Å²) in [5.41, 5.74) is 8.75. The minimum atomic E-state index is -0.289. The maximum absolute atomic E-state index is 12.5. The van der Waals surface area contributed by atoms with Crippen LogP contribution in [0.15, 0.2) is 41.3 Å². The predicted molar refractivity (Wildman–Crippen MR) is 126 cm³/mol. The molecule has 6 N–H and O–H groups in total. The average molecular weight is 424 g/mol. The Labute approximate surface area is 182 Å². The van der Waals surface area contributed by atoms with Crippen molar-refractivity contribution in [1.82, 2.24) is 25.2 Å². The third-order valence-electron chi connectivity index (χ3n) is 5.42. The molecule has 8 heteroatoms. The minimum Gasteiger partial charge on any atom is -0.370 e. The molecule has 1 aromatic carbocycles. The number of H-pyrrole nitrogens is 1. The number of hydrogen-bond donors (Lipinski definition) is 5. The lowest BCUT2D eigenvalue weighted by atomic mass is 10.0. The molecule has 0 saturated carbocycles. The lowest BCUT2D eigenvalue weighted by Crippen LogP contribution is -2.33. The molecule has 0 saturated heterocycles. The normalized spacial score (nSPS) is 12.2. The number of aryl methyl sites for hydroxylation is 1. The molecule has 0 aliphatic carbocycles. The average Bonchev–Trinajstić information content (AvgIpc) is 3.17. The van der Waals surface area contributed by atoms with Gasteiger partial charge in [-0.1, -0.05) is 38.8 Å². The number of nitrogens with zero attached hydrogens (tertiary/aromatic N) is 2. The van der Waals surface area contributed by atoms with Crippen LogP contribution in [0.4, 0.5) is 0 Å². The maximum Gasteiger partial charge on any atom is 0.354 e. The number of benzene rings is 1. The van der Waals surface area contributed by atoms with Crippen molar-refractivity contribution in [1.29, 1.82) is 5.41 Å². The molecule has 0 amide bonds. The van der Waals surface area contributed by atoms with E-state index in [4.69, 9.17) is 11.1 Å². The van der Waals surface area contributed by atoms with E-state index in [1.807, 2.05) is 24.4 Å². The first-order valence-electron chi connectivity index (χ1n) is 11.0. The molecule has 1 atom stereocenters. The van der Waals surface area contributed by atoms with E-state index in [9.17, 15) is 4.79 Å². The summed E-state index contributed by atoms with van der Waals surface area (Å²) in [4.78, 5) is 19.9. The number of aromatic amines is 1. The van der Waals surface area contributed by atoms with Gasteiger partial charge < -0.3 is 21.4 Å². The van der Waals surface area contributed by atoms with Crippen molar-refractivity contribution in [3.05, 3.63) is 58.3 Å². The van der Waals surface area contributed by atoms with E-state index in [-0.39, 0.29) is 17.7 Å². The first-order valence-corrected chi connectivity index (χ1v) is 11.0. The van der Waals surface area contributed by atoms with Crippen LogP contribution >= 0.6 is 0 Å². The highest BCUT2D eigenvalue weighted by Gasteiger charge is 2.12. The summed E-state index contributed by atoms with van der Waals surface area (Å²) in [6, 6.07) is 10.4. The van der Waals surface area contributed by atoms with E-state index < -0.39 is 0 Å². The van der Waals surface area contributed by atoms with Crippen molar-refractivity contribution < 1.29 is 0 Å². The fourth-order valence-corrected chi connectivity index (χ4v) is 3.68. The fourth-order valence-electron chi connectivity index (χ4n) is 3.68. The van der Waals surface area contributed by atoms with Gasteiger partial charge in [-0.2, -0.15) is 4.98 Å². The molecule has 3 rings (SSSR count). The summed E-state index contributed by atoms with van der Waals surface area (Å²) < 4.78 is 1.60. The molecule has 2 aromatic heterocycles. The summed E-state index contributed by atoms with van der Waals surface area (Å²) in [7, 11) is 0. The monoisotopic (exact) mass is 423 g/mol. The predicted octanol–water partition coefficient (Wildman–Crippen LogP) is 2.97. The second kappa shape index (κ2) is 10.8. The van der Waals surface area contributed by atoms with Crippen LogP contribution in [0.25, 0.3) is 16.7 Å². The van der Waals surface area contributed by atoms with Crippen molar-refractivity contribution in [3.8, 4) is 5.69 Å². The standard InChI is InChI=1S/C23H33N7O/c1-3-5-7-20(26-12-6-13-27-22(24)25)16-8-10-19(11-9-16)30-15-17-14-18(4-2)28-21(17)29-23(30)31/h8-11,14-15,20,26H,3-7,12-13H2,1-2H3,(H4,24,25,27)(H,28,29,31)/t20-/m0/s1. The summed E-state index contributed by atoms with van der Waals surface area (Å²) in [5, 5.41) is 14.6. The first kappa shape index (κ1) is 22.6. The summed E-state index contributed by atoms with van der Waals surface area (Å²) in [5.74, 6) is 0.00611. The van der Waals surface area contributed by atoms with E-state index in [0.29, 0.717) is 12.2 Å². The third-order valence-corrected chi connectivity index (χ3v) is 5.42. The Kier molecular flexibility index (Phi) is 7.83. The maximum atomic E-state index is 12.5. The molecule has 0 fully saturated rings. The number of nitrogens with one attached hydrogen (secondary N) is 4. The number of hydrogen-bond acceptors (Lipinski definition) is 4. The van der Waals surface area contributed by atoms with Gasteiger partial charge in [0.1, 0.15) is 5.65 Å². The van der Waals surface area contributed by atoms with Crippen LogP contribution in [-0.4, -0.2) is 33.6 Å². The highest BCUT2D eigenvalue weighted by atomic mass is 16.1. The number of fused-ring (bicyclic) bond motifs is 1. The van der Waals surface area contributed by atoms with Crippen molar-refractivity contribution in [2.45, 2.75) is 52.0 Å². The smallest absolute Gasteiger partial charge is 0.354 e. The van der Waals surface area contributed by atoms with Gasteiger partial charge in [0.25, 0.3) is 0 Å². The molecule has 0 bridgehead atoms. The van der Waals surface area contributed by atoms with Crippen molar-refractivity contribution in [3.63, 3.8) is 0 Å². The van der Waals surface area contributed by atoms with Crippen LogP contribution in [0.1, 0.15) is 56.8 Å². The Morgan fingerprint density at radius 1 is 1.23 bits per heavy atom. The van der Waals surface area contributed by atoms with E-state index in [2.05, 4.69) is 46.6 Å². The van der Waals surface area contributed by atoms with E-state index >= 15 is 0 Å². The molecule has 8 nitrogen and oxygen atoms in total. The Hall–Kier alpha value is -3.13. The summed E-state index contributed by atoms with van der Waals surface area (Å²) in [6.07, 6.45) is 6.93. The van der Waals surface area contributed by atoms with Gasteiger partial charge in [0, 0.05) is 29.9 Å². The number of nitrogens with two attached hydrogens (primary N) is 1. The van der Waals surface area contributed by atoms with Gasteiger partial charge in [-0.05, 0) is 49.6 Å². The largest absolute Gasteiger partial charge is 0.370 e. The van der Waals surface area contributed by atoms with Gasteiger partial charge in [0.2, 0.25) is 0 Å².